The average Bonchev–Trinajstić information content (AvgIpc) is 3.00. The second kappa shape index (κ2) is 6.98. The van der Waals surface area contributed by atoms with Crippen LogP contribution in [0, 0.1) is 13.8 Å². The number of aryl methyl sites for hydroxylation is 2. The third-order valence-electron chi connectivity index (χ3n) is 4.55. The van der Waals surface area contributed by atoms with Crippen molar-refractivity contribution >= 4 is 28.8 Å². The fourth-order valence-electron chi connectivity index (χ4n) is 3.25. The van der Waals surface area contributed by atoms with E-state index < -0.39 is 11.5 Å². The number of benzene rings is 2. The van der Waals surface area contributed by atoms with Crippen LogP contribution in [0.2, 0.25) is 5.02 Å². The summed E-state index contributed by atoms with van der Waals surface area (Å²) < 4.78 is 1.31. The number of H-pyrrole nitrogens is 1. The van der Waals surface area contributed by atoms with Crippen molar-refractivity contribution < 1.29 is 4.79 Å². The average molecular weight is 393 g/mol. The van der Waals surface area contributed by atoms with E-state index in [1.807, 2.05) is 37.3 Å². The quantitative estimate of drug-likeness (QED) is 0.548. The maximum atomic E-state index is 13.1. The van der Waals surface area contributed by atoms with E-state index in [1.165, 1.54) is 4.52 Å². The summed E-state index contributed by atoms with van der Waals surface area (Å²) >= 11 is 6.10. The Morgan fingerprint density at radius 3 is 2.46 bits per heavy atom. The molecule has 0 atom stereocenters. The normalized spacial score (nSPS) is 11.0. The third-order valence-corrected chi connectivity index (χ3v) is 4.88. The second-order valence-electron chi connectivity index (χ2n) is 6.45. The summed E-state index contributed by atoms with van der Waals surface area (Å²) in [6.07, 6.45) is 0. The van der Waals surface area contributed by atoms with Gasteiger partial charge in [-0.3, -0.25) is 14.7 Å². The molecular weight excluding hydrogens is 376 g/mol. The first kappa shape index (κ1) is 18.0. The Morgan fingerprint density at radius 2 is 1.75 bits per heavy atom. The van der Waals surface area contributed by atoms with Crippen LogP contribution in [0.4, 0.5) is 5.69 Å². The highest BCUT2D eigenvalue weighted by atomic mass is 35.5. The zero-order valence-electron chi connectivity index (χ0n) is 15.3. The molecule has 28 heavy (non-hydrogen) atoms. The van der Waals surface area contributed by atoms with Crippen LogP contribution in [-0.2, 0) is 0 Å². The van der Waals surface area contributed by atoms with Crippen LogP contribution in [-0.4, -0.2) is 20.5 Å². The molecule has 0 radical (unpaired) electrons. The molecule has 0 aliphatic heterocycles. The number of halogens is 1. The van der Waals surface area contributed by atoms with Crippen LogP contribution in [0.25, 0.3) is 16.8 Å². The minimum Gasteiger partial charge on any atom is -0.320 e. The number of anilines is 1. The Labute approximate surface area is 165 Å². The first-order valence-corrected chi connectivity index (χ1v) is 9.08. The fraction of sp³-hybridized carbons (Fsp3) is 0.0952. The highest BCUT2D eigenvalue weighted by molar-refractivity contribution is 6.33. The number of para-hydroxylation sites is 1. The van der Waals surface area contributed by atoms with Crippen molar-refractivity contribution in [2.75, 3.05) is 5.32 Å². The van der Waals surface area contributed by atoms with Crippen molar-refractivity contribution in [3.05, 3.63) is 86.9 Å². The molecule has 2 aromatic carbocycles. The van der Waals surface area contributed by atoms with Gasteiger partial charge in [0.1, 0.15) is 5.56 Å². The Hall–Kier alpha value is -3.38. The van der Waals surface area contributed by atoms with Crippen molar-refractivity contribution in [3.8, 4) is 11.1 Å². The van der Waals surface area contributed by atoms with Gasteiger partial charge in [0.25, 0.3) is 11.5 Å². The van der Waals surface area contributed by atoms with Crippen LogP contribution in [0.3, 0.4) is 0 Å². The number of hydrogen-bond donors (Lipinski definition) is 2. The van der Waals surface area contributed by atoms with Gasteiger partial charge in [0.15, 0.2) is 5.65 Å². The van der Waals surface area contributed by atoms with E-state index in [4.69, 9.17) is 11.6 Å². The lowest BCUT2D eigenvalue weighted by Crippen LogP contribution is -2.29. The van der Waals surface area contributed by atoms with E-state index >= 15 is 0 Å². The van der Waals surface area contributed by atoms with Crippen molar-refractivity contribution in [2.24, 2.45) is 0 Å². The predicted molar refractivity (Wildman–Crippen MR) is 110 cm³/mol. The number of hydrogen-bond acceptors (Lipinski definition) is 3. The molecule has 0 bridgehead atoms. The predicted octanol–water partition coefficient (Wildman–Crippen LogP) is 4.21. The Bertz CT molecular complexity index is 1260. The van der Waals surface area contributed by atoms with Crippen LogP contribution in [0.1, 0.15) is 21.7 Å². The van der Waals surface area contributed by atoms with Gasteiger partial charge in [0, 0.05) is 11.3 Å². The summed E-state index contributed by atoms with van der Waals surface area (Å²) in [6, 6.07) is 16.5. The van der Waals surface area contributed by atoms with Gasteiger partial charge in [-0.05, 0) is 31.5 Å². The van der Waals surface area contributed by atoms with Gasteiger partial charge < -0.3 is 5.32 Å². The minimum absolute atomic E-state index is 0.0294. The molecule has 2 heterocycles. The monoisotopic (exact) mass is 392 g/mol. The highest BCUT2D eigenvalue weighted by Gasteiger charge is 2.22. The molecule has 7 heteroatoms. The molecule has 0 aliphatic rings. The molecule has 140 valence electrons. The maximum absolute atomic E-state index is 13.1. The summed E-state index contributed by atoms with van der Waals surface area (Å²) in [7, 11) is 0. The van der Waals surface area contributed by atoms with E-state index in [2.05, 4.69) is 15.4 Å². The zero-order chi connectivity index (χ0) is 19.8. The van der Waals surface area contributed by atoms with E-state index in [9.17, 15) is 9.59 Å². The Morgan fingerprint density at radius 1 is 1.07 bits per heavy atom. The van der Waals surface area contributed by atoms with Crippen LogP contribution in [0.15, 0.2) is 59.4 Å². The summed E-state index contributed by atoms with van der Waals surface area (Å²) in [6.45, 7) is 3.52. The number of fused-ring (bicyclic) bond motifs is 1. The number of amides is 1. The smallest absolute Gasteiger partial charge is 0.285 e. The minimum atomic E-state index is -0.550. The molecule has 0 spiro atoms. The van der Waals surface area contributed by atoms with Crippen molar-refractivity contribution in [1.29, 1.82) is 0 Å². The van der Waals surface area contributed by atoms with Gasteiger partial charge in [-0.1, -0.05) is 54.1 Å². The summed E-state index contributed by atoms with van der Waals surface area (Å²) in [4.78, 5) is 30.4. The molecule has 0 aliphatic carbocycles. The van der Waals surface area contributed by atoms with Crippen molar-refractivity contribution in [1.82, 2.24) is 14.6 Å². The zero-order valence-corrected chi connectivity index (χ0v) is 16.0. The second-order valence-corrected chi connectivity index (χ2v) is 6.86. The molecule has 2 aromatic heterocycles. The number of rotatable bonds is 3. The van der Waals surface area contributed by atoms with Crippen molar-refractivity contribution in [3.63, 3.8) is 0 Å². The van der Waals surface area contributed by atoms with Gasteiger partial charge in [-0.2, -0.15) is 0 Å². The number of carbonyl (C=O) groups excluding carboxylic acids is 1. The van der Waals surface area contributed by atoms with E-state index in [1.54, 1.807) is 31.2 Å². The van der Waals surface area contributed by atoms with Crippen LogP contribution < -0.4 is 10.9 Å². The Balaban J connectivity index is 1.85. The standard InChI is InChI=1S/C21H17ClN4O2/c1-12-18(20(27)24-16-11-7-6-10-15(16)22)21(28)26-19(23-12)17(13(2)25-26)14-8-4-3-5-9-14/h3-11,25H,1-2H3,(H,24,27). The SMILES string of the molecule is Cc1nc2c(-c3ccccc3)c(C)[nH]n2c(=O)c1C(=O)Nc1ccccc1Cl. The first-order chi connectivity index (χ1) is 13.5. The van der Waals surface area contributed by atoms with Crippen LogP contribution >= 0.6 is 11.6 Å². The van der Waals surface area contributed by atoms with Crippen LogP contribution in [0.5, 0.6) is 0 Å². The van der Waals surface area contributed by atoms with E-state index in [0.717, 1.165) is 16.8 Å². The number of aromatic nitrogens is 3. The molecule has 0 fully saturated rings. The summed E-state index contributed by atoms with van der Waals surface area (Å²) in [5.41, 5.74) is 3.35. The lowest BCUT2D eigenvalue weighted by Gasteiger charge is -2.09. The largest absolute Gasteiger partial charge is 0.320 e. The topological polar surface area (TPSA) is 79.3 Å². The lowest BCUT2D eigenvalue weighted by molar-refractivity contribution is 0.102. The molecule has 0 unspecified atom stereocenters. The maximum Gasteiger partial charge on any atom is 0.285 e. The third kappa shape index (κ3) is 2.97. The number of nitrogens with one attached hydrogen (secondary N) is 2. The van der Waals surface area contributed by atoms with Crippen molar-refractivity contribution in [2.45, 2.75) is 13.8 Å². The molecule has 0 saturated carbocycles. The molecule has 0 saturated heterocycles. The molecule has 6 nitrogen and oxygen atoms in total. The first-order valence-electron chi connectivity index (χ1n) is 8.70. The van der Waals surface area contributed by atoms with Gasteiger partial charge in [-0.25, -0.2) is 9.50 Å². The fourth-order valence-corrected chi connectivity index (χ4v) is 3.43. The number of nitrogens with zero attached hydrogens (tertiary/aromatic N) is 2. The molecule has 4 aromatic rings. The van der Waals surface area contributed by atoms with Gasteiger partial charge >= 0.3 is 0 Å². The Kier molecular flexibility index (Phi) is 4.49. The molecule has 2 N–H and O–H groups in total. The molecular formula is C21H17ClN4O2. The number of aromatic amines is 1. The van der Waals surface area contributed by atoms with E-state index in [0.29, 0.717) is 22.1 Å². The van der Waals surface area contributed by atoms with Gasteiger partial charge in [0.2, 0.25) is 0 Å². The summed E-state index contributed by atoms with van der Waals surface area (Å²) in [5.74, 6) is -0.550. The van der Waals surface area contributed by atoms with Gasteiger partial charge in [-0.15, -0.1) is 0 Å². The molecule has 1 amide bonds. The van der Waals surface area contributed by atoms with Gasteiger partial charge in [0.05, 0.1) is 16.4 Å². The lowest BCUT2D eigenvalue weighted by atomic mass is 10.1. The molecule has 4 rings (SSSR count). The highest BCUT2D eigenvalue weighted by Crippen LogP contribution is 2.27. The van der Waals surface area contributed by atoms with E-state index in [-0.39, 0.29) is 5.56 Å². The number of carbonyl (C=O) groups is 1. The summed E-state index contributed by atoms with van der Waals surface area (Å²) in [5, 5.41) is 6.11.